The quantitative estimate of drug-likeness (QED) is 0.546. The zero-order valence-electron chi connectivity index (χ0n) is 18.2. The summed E-state index contributed by atoms with van der Waals surface area (Å²) in [5.41, 5.74) is 1.20. The van der Waals surface area contributed by atoms with E-state index in [9.17, 15) is 19.5 Å². The standard InChI is InChI=1S/C23H32N2O6/c1-3-30-23(29)18(10-6-9-17-14-16-8-4-5-12-20(16)31-17)24-15(2)21(26)25-13-7-11-19(25)22(27)28/h4-5,8,12,15,17-19,24H,3,6-7,9-11,13-14H2,1-2H3,(H,27,28)/t15?,17-,18?,19-/m0/s1. The van der Waals surface area contributed by atoms with Gasteiger partial charge in [-0.2, -0.15) is 0 Å². The second-order valence-electron chi connectivity index (χ2n) is 8.20. The van der Waals surface area contributed by atoms with Crippen LogP contribution in [0.15, 0.2) is 24.3 Å². The van der Waals surface area contributed by atoms with Gasteiger partial charge in [-0.1, -0.05) is 18.2 Å². The second-order valence-corrected chi connectivity index (χ2v) is 8.20. The van der Waals surface area contributed by atoms with Crippen molar-refractivity contribution in [2.24, 2.45) is 0 Å². The van der Waals surface area contributed by atoms with Crippen LogP contribution in [-0.2, 0) is 25.5 Å². The molecule has 2 heterocycles. The van der Waals surface area contributed by atoms with Gasteiger partial charge in [0.25, 0.3) is 0 Å². The number of benzene rings is 1. The number of fused-ring (bicyclic) bond motifs is 1. The van der Waals surface area contributed by atoms with Gasteiger partial charge in [-0.05, 0) is 57.6 Å². The van der Waals surface area contributed by atoms with E-state index >= 15 is 0 Å². The maximum absolute atomic E-state index is 12.8. The molecule has 0 radical (unpaired) electrons. The van der Waals surface area contributed by atoms with Crippen LogP contribution < -0.4 is 10.1 Å². The van der Waals surface area contributed by atoms with Gasteiger partial charge in [-0.15, -0.1) is 0 Å². The first kappa shape index (κ1) is 23.1. The molecule has 31 heavy (non-hydrogen) atoms. The van der Waals surface area contributed by atoms with Crippen LogP contribution >= 0.6 is 0 Å². The number of amides is 1. The van der Waals surface area contributed by atoms with Gasteiger partial charge >= 0.3 is 11.9 Å². The van der Waals surface area contributed by atoms with E-state index in [1.165, 1.54) is 10.5 Å². The lowest BCUT2D eigenvalue weighted by Crippen LogP contribution is -2.53. The van der Waals surface area contributed by atoms with E-state index in [0.717, 1.165) is 25.0 Å². The topological polar surface area (TPSA) is 105 Å². The predicted octanol–water partition coefficient (Wildman–Crippen LogP) is 2.15. The molecule has 0 aliphatic carbocycles. The predicted molar refractivity (Wildman–Crippen MR) is 114 cm³/mol. The molecule has 0 spiro atoms. The smallest absolute Gasteiger partial charge is 0.326 e. The van der Waals surface area contributed by atoms with Crippen LogP contribution in [0, 0.1) is 0 Å². The van der Waals surface area contributed by atoms with Gasteiger partial charge in [0.1, 0.15) is 23.9 Å². The molecular formula is C23H32N2O6. The lowest BCUT2D eigenvalue weighted by Gasteiger charge is -2.28. The molecule has 8 nitrogen and oxygen atoms in total. The summed E-state index contributed by atoms with van der Waals surface area (Å²) in [6, 6.07) is 5.88. The number of esters is 1. The van der Waals surface area contributed by atoms with E-state index < -0.39 is 30.1 Å². The summed E-state index contributed by atoms with van der Waals surface area (Å²) in [5, 5.41) is 12.4. The number of para-hydroxylation sites is 1. The highest BCUT2D eigenvalue weighted by Crippen LogP contribution is 2.30. The molecule has 1 aromatic carbocycles. The number of hydrogen-bond donors (Lipinski definition) is 2. The van der Waals surface area contributed by atoms with E-state index in [4.69, 9.17) is 9.47 Å². The maximum atomic E-state index is 12.8. The van der Waals surface area contributed by atoms with Crippen molar-refractivity contribution in [1.29, 1.82) is 0 Å². The molecule has 170 valence electrons. The minimum absolute atomic E-state index is 0.0835. The lowest BCUT2D eigenvalue weighted by atomic mass is 10.0. The molecule has 0 saturated carbocycles. The van der Waals surface area contributed by atoms with Crippen LogP contribution in [0.4, 0.5) is 0 Å². The van der Waals surface area contributed by atoms with Crippen molar-refractivity contribution in [3.63, 3.8) is 0 Å². The van der Waals surface area contributed by atoms with Gasteiger partial charge in [-0.3, -0.25) is 14.9 Å². The van der Waals surface area contributed by atoms with E-state index in [1.807, 2.05) is 18.2 Å². The summed E-state index contributed by atoms with van der Waals surface area (Å²) in [6.07, 6.45) is 4.10. The van der Waals surface area contributed by atoms with Gasteiger partial charge in [0, 0.05) is 13.0 Å². The summed E-state index contributed by atoms with van der Waals surface area (Å²) in [7, 11) is 0. The molecule has 0 aromatic heterocycles. The highest BCUT2D eigenvalue weighted by Gasteiger charge is 2.37. The average molecular weight is 433 g/mol. The number of nitrogens with zero attached hydrogens (tertiary/aromatic N) is 1. The number of carbonyl (C=O) groups is 3. The molecule has 1 amide bonds. The maximum Gasteiger partial charge on any atom is 0.326 e. The Labute approximate surface area is 182 Å². The highest BCUT2D eigenvalue weighted by atomic mass is 16.5. The SMILES string of the molecule is CCOC(=O)C(CCC[C@H]1Cc2ccccc2O1)NC(C)C(=O)N1CCC[C@H]1C(=O)O. The van der Waals surface area contributed by atoms with E-state index in [0.29, 0.717) is 25.8 Å². The van der Waals surface area contributed by atoms with Crippen LogP contribution in [0.3, 0.4) is 0 Å². The highest BCUT2D eigenvalue weighted by molar-refractivity contribution is 5.88. The Balaban J connectivity index is 1.53. The third kappa shape index (κ3) is 5.76. The molecule has 8 heteroatoms. The Bertz CT molecular complexity index is 773. The first-order valence-electron chi connectivity index (χ1n) is 11.1. The van der Waals surface area contributed by atoms with E-state index in [2.05, 4.69) is 11.4 Å². The lowest BCUT2D eigenvalue weighted by molar-refractivity contribution is -0.150. The van der Waals surface area contributed by atoms with Crippen molar-refractivity contribution < 1.29 is 29.0 Å². The number of nitrogens with one attached hydrogen (secondary N) is 1. The summed E-state index contributed by atoms with van der Waals surface area (Å²) >= 11 is 0. The number of likely N-dealkylation sites (tertiary alicyclic amines) is 1. The van der Waals surface area contributed by atoms with E-state index in [-0.39, 0.29) is 18.6 Å². The normalized spacial score (nSPS) is 21.8. The molecule has 1 fully saturated rings. The first-order chi connectivity index (χ1) is 14.9. The minimum Gasteiger partial charge on any atom is -0.490 e. The van der Waals surface area contributed by atoms with Crippen LogP contribution in [0.2, 0.25) is 0 Å². The zero-order chi connectivity index (χ0) is 22.4. The molecule has 4 atom stereocenters. The molecule has 1 aromatic rings. The average Bonchev–Trinajstić information content (AvgIpc) is 3.39. The Morgan fingerprint density at radius 3 is 2.81 bits per heavy atom. The van der Waals surface area contributed by atoms with Crippen LogP contribution in [-0.4, -0.2) is 65.2 Å². The van der Waals surface area contributed by atoms with E-state index in [1.54, 1.807) is 13.8 Å². The van der Waals surface area contributed by atoms with Crippen LogP contribution in [0.5, 0.6) is 5.75 Å². The van der Waals surface area contributed by atoms with Crippen molar-refractivity contribution in [1.82, 2.24) is 10.2 Å². The van der Waals surface area contributed by atoms with Crippen molar-refractivity contribution in [2.75, 3.05) is 13.2 Å². The van der Waals surface area contributed by atoms with Gasteiger partial charge in [-0.25, -0.2) is 4.79 Å². The van der Waals surface area contributed by atoms with Crippen molar-refractivity contribution in [3.8, 4) is 5.75 Å². The number of ether oxygens (including phenoxy) is 2. The Morgan fingerprint density at radius 1 is 1.32 bits per heavy atom. The van der Waals surface area contributed by atoms with Crippen molar-refractivity contribution >= 4 is 17.8 Å². The third-order valence-electron chi connectivity index (χ3n) is 5.95. The van der Waals surface area contributed by atoms with Gasteiger partial charge in [0.2, 0.25) is 5.91 Å². The Kier molecular flexibility index (Phi) is 7.90. The monoisotopic (exact) mass is 432 g/mol. The summed E-state index contributed by atoms with van der Waals surface area (Å²) in [6.45, 7) is 4.09. The minimum atomic E-state index is -0.988. The molecule has 2 N–H and O–H groups in total. The van der Waals surface area contributed by atoms with Crippen LogP contribution in [0.25, 0.3) is 0 Å². The number of hydrogen-bond acceptors (Lipinski definition) is 6. The molecule has 0 bridgehead atoms. The fourth-order valence-corrected chi connectivity index (χ4v) is 4.39. The summed E-state index contributed by atoms with van der Waals surface area (Å²) in [4.78, 5) is 38.1. The molecule has 2 aliphatic heterocycles. The molecule has 2 unspecified atom stereocenters. The van der Waals surface area contributed by atoms with Crippen molar-refractivity contribution in [2.45, 2.75) is 76.6 Å². The second kappa shape index (κ2) is 10.6. The Hall–Kier alpha value is -2.61. The molecule has 3 rings (SSSR count). The largest absolute Gasteiger partial charge is 0.490 e. The fraction of sp³-hybridized carbons (Fsp3) is 0.609. The van der Waals surface area contributed by atoms with Crippen LogP contribution in [0.1, 0.15) is 51.5 Å². The summed E-state index contributed by atoms with van der Waals surface area (Å²) < 4.78 is 11.2. The molecule has 2 aliphatic rings. The van der Waals surface area contributed by atoms with Gasteiger partial charge < -0.3 is 19.5 Å². The third-order valence-corrected chi connectivity index (χ3v) is 5.95. The van der Waals surface area contributed by atoms with Gasteiger partial charge in [0.05, 0.1) is 12.6 Å². The summed E-state index contributed by atoms with van der Waals surface area (Å²) in [5.74, 6) is -0.759. The first-order valence-corrected chi connectivity index (χ1v) is 11.1. The fourth-order valence-electron chi connectivity index (χ4n) is 4.39. The number of carboxylic acids is 1. The zero-order valence-corrected chi connectivity index (χ0v) is 18.2. The van der Waals surface area contributed by atoms with Crippen molar-refractivity contribution in [3.05, 3.63) is 29.8 Å². The Morgan fingerprint density at radius 2 is 2.10 bits per heavy atom. The molecule has 1 saturated heterocycles. The number of carbonyl (C=O) groups excluding carboxylic acids is 2. The number of rotatable bonds is 10. The van der Waals surface area contributed by atoms with Gasteiger partial charge in [0.15, 0.2) is 0 Å². The number of aliphatic carboxylic acids is 1. The number of carboxylic acid groups (broad SMARTS) is 1. The molecular weight excluding hydrogens is 400 g/mol.